The van der Waals surface area contributed by atoms with Crippen LogP contribution in [0.3, 0.4) is 0 Å². The number of rotatable bonds is 10. The van der Waals surface area contributed by atoms with E-state index in [2.05, 4.69) is 21.3 Å². The van der Waals surface area contributed by atoms with E-state index in [1.54, 1.807) is 41.7 Å². The van der Waals surface area contributed by atoms with Crippen LogP contribution in [0.5, 0.6) is 0 Å². The number of amides is 4. The highest BCUT2D eigenvalue weighted by Crippen LogP contribution is 2.39. The Hall–Kier alpha value is -3.10. The molecule has 9 nitrogen and oxygen atoms in total. The maximum absolute atomic E-state index is 13.3. The molecule has 1 atom stereocenters. The van der Waals surface area contributed by atoms with Gasteiger partial charge in [0.1, 0.15) is 11.1 Å². The number of carbonyl (C=O) groups is 4. The molecule has 1 aliphatic rings. The van der Waals surface area contributed by atoms with Crippen molar-refractivity contribution in [3.63, 3.8) is 0 Å². The van der Waals surface area contributed by atoms with Gasteiger partial charge >= 0.3 is 6.09 Å². The van der Waals surface area contributed by atoms with Crippen molar-refractivity contribution in [2.45, 2.75) is 96.7 Å². The van der Waals surface area contributed by atoms with E-state index in [1.165, 1.54) is 0 Å². The number of hydrogen-bond acceptors (Lipinski definition) is 5. The van der Waals surface area contributed by atoms with Crippen LogP contribution in [0, 0.1) is 5.41 Å². The Labute approximate surface area is 220 Å². The number of benzene rings is 1. The number of ether oxygens (including phenoxy) is 1. The number of nitrogens with one attached hydrogen (secondary N) is 4. The maximum Gasteiger partial charge on any atom is 0.408 e. The molecule has 0 aromatic heterocycles. The molecule has 4 amide bonds. The van der Waals surface area contributed by atoms with Gasteiger partial charge in [-0.1, -0.05) is 49.6 Å². The lowest BCUT2D eigenvalue weighted by Crippen LogP contribution is -2.57. The Balaban J connectivity index is 2.07. The third kappa shape index (κ3) is 10.1. The molecule has 1 aromatic carbocycles. The van der Waals surface area contributed by atoms with Crippen LogP contribution in [0.15, 0.2) is 30.3 Å². The molecule has 0 aliphatic heterocycles. The third-order valence-corrected chi connectivity index (χ3v) is 6.66. The summed E-state index contributed by atoms with van der Waals surface area (Å²) < 4.78 is 5.29. The molecule has 37 heavy (non-hydrogen) atoms. The summed E-state index contributed by atoms with van der Waals surface area (Å²) in [6.07, 6.45) is 4.38. The Morgan fingerprint density at radius 3 is 2.14 bits per heavy atom. The average Bonchev–Trinajstić information content (AvgIpc) is 2.81. The molecule has 0 saturated heterocycles. The standard InChI is InChI=1S/C28H44N4O5/c1-26(2,3)37-25(36)32-27(4,5)24(35)30-19-28(15-11-8-12-16-28)18-23(34)31-21(17-22(33)29-6)20-13-9-7-10-14-20/h7,9-10,13-14,21H,8,11-12,15-19H2,1-6H3,(H,29,33)(H,30,35)(H,31,34)(H,32,36)/t21-/m1/s1. The van der Waals surface area contributed by atoms with Crippen molar-refractivity contribution in [1.82, 2.24) is 21.3 Å². The van der Waals surface area contributed by atoms with Crippen molar-refractivity contribution < 1.29 is 23.9 Å². The molecule has 4 N–H and O–H groups in total. The monoisotopic (exact) mass is 516 g/mol. The molecule has 0 unspecified atom stereocenters. The highest BCUT2D eigenvalue weighted by atomic mass is 16.6. The largest absolute Gasteiger partial charge is 0.444 e. The van der Waals surface area contributed by atoms with E-state index in [0.717, 1.165) is 37.7 Å². The third-order valence-electron chi connectivity index (χ3n) is 6.66. The second kappa shape index (κ2) is 12.9. The molecule has 9 heteroatoms. The zero-order valence-corrected chi connectivity index (χ0v) is 23.2. The van der Waals surface area contributed by atoms with Gasteiger partial charge < -0.3 is 26.0 Å². The van der Waals surface area contributed by atoms with Crippen LogP contribution in [0.25, 0.3) is 0 Å². The van der Waals surface area contributed by atoms with E-state index in [-0.39, 0.29) is 30.6 Å². The lowest BCUT2D eigenvalue weighted by molar-refractivity contribution is -0.129. The Bertz CT molecular complexity index is 934. The minimum atomic E-state index is -1.19. The van der Waals surface area contributed by atoms with Crippen LogP contribution >= 0.6 is 0 Å². The number of hydrogen-bond donors (Lipinski definition) is 4. The van der Waals surface area contributed by atoms with Crippen LogP contribution in [-0.2, 0) is 19.1 Å². The van der Waals surface area contributed by atoms with Gasteiger partial charge in [0.15, 0.2) is 0 Å². The van der Waals surface area contributed by atoms with Gasteiger partial charge in [0, 0.05) is 20.0 Å². The van der Waals surface area contributed by atoms with E-state index < -0.39 is 28.7 Å². The van der Waals surface area contributed by atoms with E-state index in [1.807, 2.05) is 30.3 Å². The fraction of sp³-hybridized carbons (Fsp3) is 0.643. The summed E-state index contributed by atoms with van der Waals surface area (Å²) in [5, 5.41) is 11.3. The zero-order valence-electron chi connectivity index (χ0n) is 23.2. The van der Waals surface area contributed by atoms with Crippen LogP contribution < -0.4 is 21.3 Å². The highest BCUT2D eigenvalue weighted by Gasteiger charge is 2.38. The van der Waals surface area contributed by atoms with Gasteiger partial charge in [-0.15, -0.1) is 0 Å². The summed E-state index contributed by atoms with van der Waals surface area (Å²) in [7, 11) is 1.57. The molecular weight excluding hydrogens is 472 g/mol. The van der Waals surface area contributed by atoms with Gasteiger partial charge in [-0.25, -0.2) is 4.79 Å². The summed E-state index contributed by atoms with van der Waals surface area (Å²) in [5.74, 6) is -0.654. The van der Waals surface area contributed by atoms with Crippen LogP contribution in [0.1, 0.15) is 91.2 Å². The lowest BCUT2D eigenvalue weighted by atomic mass is 9.71. The summed E-state index contributed by atoms with van der Waals surface area (Å²) in [5.41, 5.74) is -1.40. The Kier molecular flexibility index (Phi) is 10.5. The first-order chi connectivity index (χ1) is 17.3. The summed E-state index contributed by atoms with van der Waals surface area (Å²) in [6, 6.07) is 8.99. The number of alkyl carbamates (subject to hydrolysis) is 1. The van der Waals surface area contributed by atoms with Crippen molar-refractivity contribution in [3.8, 4) is 0 Å². The van der Waals surface area contributed by atoms with Crippen molar-refractivity contribution in [2.75, 3.05) is 13.6 Å². The van der Waals surface area contributed by atoms with Crippen LogP contribution in [0.2, 0.25) is 0 Å². The summed E-state index contributed by atoms with van der Waals surface area (Å²) >= 11 is 0. The Morgan fingerprint density at radius 2 is 1.57 bits per heavy atom. The first-order valence-electron chi connectivity index (χ1n) is 13.1. The van der Waals surface area contributed by atoms with Crippen molar-refractivity contribution >= 4 is 23.8 Å². The molecule has 0 spiro atoms. The average molecular weight is 517 g/mol. The predicted octanol–water partition coefficient (Wildman–Crippen LogP) is 3.74. The SMILES string of the molecule is CNC(=O)C[C@@H](NC(=O)CC1(CNC(=O)C(C)(C)NC(=O)OC(C)(C)C)CCCCC1)c1ccccc1. The molecular formula is C28H44N4O5. The Morgan fingerprint density at radius 1 is 0.946 bits per heavy atom. The second-order valence-corrected chi connectivity index (χ2v) is 11.6. The van der Waals surface area contributed by atoms with Crippen LogP contribution in [-0.4, -0.2) is 48.5 Å². The van der Waals surface area contributed by atoms with E-state index in [4.69, 9.17) is 4.74 Å². The van der Waals surface area contributed by atoms with Gasteiger partial charge in [-0.05, 0) is 58.4 Å². The fourth-order valence-electron chi connectivity index (χ4n) is 4.63. The lowest BCUT2D eigenvalue weighted by Gasteiger charge is -2.38. The van der Waals surface area contributed by atoms with Crippen molar-refractivity contribution in [3.05, 3.63) is 35.9 Å². The molecule has 0 bridgehead atoms. The fourth-order valence-corrected chi connectivity index (χ4v) is 4.63. The summed E-state index contributed by atoms with van der Waals surface area (Å²) in [6.45, 7) is 8.84. The van der Waals surface area contributed by atoms with E-state index in [9.17, 15) is 19.2 Å². The number of carbonyl (C=O) groups excluding carboxylic acids is 4. The van der Waals surface area contributed by atoms with Gasteiger partial charge in [0.05, 0.1) is 12.5 Å². The van der Waals surface area contributed by atoms with Gasteiger partial charge in [-0.2, -0.15) is 0 Å². The first-order valence-corrected chi connectivity index (χ1v) is 13.1. The first kappa shape index (κ1) is 30.1. The minimum Gasteiger partial charge on any atom is -0.444 e. The zero-order chi connectivity index (χ0) is 27.7. The topological polar surface area (TPSA) is 126 Å². The van der Waals surface area contributed by atoms with Crippen LogP contribution in [0.4, 0.5) is 4.79 Å². The van der Waals surface area contributed by atoms with E-state index in [0.29, 0.717) is 6.54 Å². The van der Waals surface area contributed by atoms with Crippen molar-refractivity contribution in [2.24, 2.45) is 5.41 Å². The van der Waals surface area contributed by atoms with Gasteiger partial charge in [0.25, 0.3) is 0 Å². The van der Waals surface area contributed by atoms with Crippen molar-refractivity contribution in [1.29, 1.82) is 0 Å². The molecule has 0 heterocycles. The molecule has 1 fully saturated rings. The second-order valence-electron chi connectivity index (χ2n) is 11.6. The molecule has 1 aliphatic carbocycles. The minimum absolute atomic E-state index is 0.139. The quantitative estimate of drug-likeness (QED) is 0.377. The van der Waals surface area contributed by atoms with E-state index >= 15 is 0 Å². The molecule has 1 aromatic rings. The highest BCUT2D eigenvalue weighted by molar-refractivity contribution is 5.89. The molecule has 0 radical (unpaired) electrons. The molecule has 2 rings (SSSR count). The molecule has 1 saturated carbocycles. The predicted molar refractivity (Wildman–Crippen MR) is 143 cm³/mol. The maximum atomic E-state index is 13.3. The molecule has 206 valence electrons. The summed E-state index contributed by atoms with van der Waals surface area (Å²) in [4.78, 5) is 50.6. The van der Waals surface area contributed by atoms with Gasteiger partial charge in [-0.3, -0.25) is 14.4 Å². The normalized spacial score (nSPS) is 16.2. The van der Waals surface area contributed by atoms with Gasteiger partial charge in [0.2, 0.25) is 17.7 Å². The smallest absolute Gasteiger partial charge is 0.408 e.